The summed E-state index contributed by atoms with van der Waals surface area (Å²) in [5, 5.41) is 2.50. The Labute approximate surface area is 150 Å². The average molecular weight is 421 g/mol. The molecule has 9 heteroatoms. The van der Waals surface area contributed by atoms with Crippen LogP contribution in [0, 0.1) is 5.92 Å². The highest BCUT2D eigenvalue weighted by Gasteiger charge is 2.28. The molecule has 24 heavy (non-hydrogen) atoms. The number of rotatable bonds is 7. The number of hydrogen-bond donors (Lipinski definition) is 1. The number of carbonyl (C=O) groups excluding carboxylic acids is 2. The second kappa shape index (κ2) is 8.59. The van der Waals surface area contributed by atoms with Gasteiger partial charge in [-0.2, -0.15) is 4.31 Å². The Morgan fingerprint density at radius 1 is 1.25 bits per heavy atom. The molecule has 0 aliphatic rings. The molecule has 0 saturated carbocycles. The van der Waals surface area contributed by atoms with Crippen molar-refractivity contribution in [3.63, 3.8) is 0 Å². The topological polar surface area (TPSA) is 92.8 Å². The van der Waals surface area contributed by atoms with Crippen molar-refractivity contribution in [2.75, 3.05) is 20.7 Å². The number of methoxy groups -OCH3 is 1. The highest BCUT2D eigenvalue weighted by atomic mass is 79.9. The summed E-state index contributed by atoms with van der Waals surface area (Å²) in [5.74, 6) is -1.34. The molecule has 0 aromatic heterocycles. The van der Waals surface area contributed by atoms with Crippen LogP contribution in [-0.2, 0) is 24.3 Å². The van der Waals surface area contributed by atoms with Crippen LogP contribution in [0.5, 0.6) is 0 Å². The summed E-state index contributed by atoms with van der Waals surface area (Å²) in [6.45, 7) is 3.10. The quantitative estimate of drug-likeness (QED) is 0.672. The van der Waals surface area contributed by atoms with Crippen LogP contribution in [0.25, 0.3) is 0 Å². The molecule has 0 bridgehead atoms. The van der Waals surface area contributed by atoms with Crippen molar-refractivity contribution in [3.05, 3.63) is 28.7 Å². The Hall–Kier alpha value is -1.45. The molecule has 7 nitrogen and oxygen atoms in total. The number of esters is 1. The number of nitrogens with one attached hydrogen (secondary N) is 1. The van der Waals surface area contributed by atoms with E-state index in [9.17, 15) is 18.0 Å². The van der Waals surface area contributed by atoms with Crippen LogP contribution in [0.15, 0.2) is 33.6 Å². The largest absolute Gasteiger partial charge is 0.467 e. The van der Waals surface area contributed by atoms with Gasteiger partial charge in [-0.3, -0.25) is 4.79 Å². The monoisotopic (exact) mass is 420 g/mol. The number of sulfonamides is 1. The van der Waals surface area contributed by atoms with E-state index in [1.165, 1.54) is 26.3 Å². The van der Waals surface area contributed by atoms with Crippen molar-refractivity contribution in [3.8, 4) is 0 Å². The minimum atomic E-state index is -3.80. The SMILES string of the molecule is COC(=O)[C@@H](NC(=O)CN(C)S(=O)(=O)c1ccc(Br)cc1)C(C)C. The molecule has 1 amide bonds. The van der Waals surface area contributed by atoms with Gasteiger partial charge in [-0.05, 0) is 30.2 Å². The normalized spacial score (nSPS) is 13.0. The first kappa shape index (κ1) is 20.6. The Morgan fingerprint density at radius 3 is 2.25 bits per heavy atom. The van der Waals surface area contributed by atoms with Crippen molar-refractivity contribution >= 4 is 37.8 Å². The minimum absolute atomic E-state index is 0.0781. The molecule has 0 fully saturated rings. The van der Waals surface area contributed by atoms with Gasteiger partial charge in [-0.25, -0.2) is 13.2 Å². The molecule has 0 aliphatic carbocycles. The van der Waals surface area contributed by atoms with Crippen molar-refractivity contribution in [1.82, 2.24) is 9.62 Å². The molecule has 0 heterocycles. The maximum atomic E-state index is 12.4. The van der Waals surface area contributed by atoms with Gasteiger partial charge in [0.1, 0.15) is 6.04 Å². The zero-order valence-corrected chi connectivity index (χ0v) is 16.3. The van der Waals surface area contributed by atoms with E-state index in [1.807, 2.05) is 0 Å². The van der Waals surface area contributed by atoms with Crippen molar-refractivity contribution in [1.29, 1.82) is 0 Å². The van der Waals surface area contributed by atoms with Gasteiger partial charge >= 0.3 is 5.97 Å². The molecule has 1 N–H and O–H groups in total. The van der Waals surface area contributed by atoms with E-state index in [0.717, 1.165) is 8.78 Å². The first-order chi connectivity index (χ1) is 11.1. The summed E-state index contributed by atoms with van der Waals surface area (Å²) in [7, 11) is -1.26. The van der Waals surface area contributed by atoms with Crippen LogP contribution in [0.2, 0.25) is 0 Å². The molecule has 0 spiro atoms. The highest BCUT2D eigenvalue weighted by Crippen LogP contribution is 2.17. The van der Waals surface area contributed by atoms with E-state index in [2.05, 4.69) is 26.0 Å². The molecule has 1 aromatic rings. The van der Waals surface area contributed by atoms with E-state index in [0.29, 0.717) is 0 Å². The predicted octanol–water partition coefficient (Wildman–Crippen LogP) is 1.38. The van der Waals surface area contributed by atoms with Gasteiger partial charge in [-0.1, -0.05) is 29.8 Å². The van der Waals surface area contributed by atoms with E-state index < -0.39 is 34.5 Å². The third kappa shape index (κ3) is 5.29. The number of carbonyl (C=O) groups is 2. The van der Waals surface area contributed by atoms with Crippen LogP contribution in [-0.4, -0.2) is 51.3 Å². The molecule has 134 valence electrons. The lowest BCUT2D eigenvalue weighted by molar-refractivity contribution is -0.146. The van der Waals surface area contributed by atoms with Crippen LogP contribution in [0.4, 0.5) is 0 Å². The zero-order chi connectivity index (χ0) is 18.5. The predicted molar refractivity (Wildman–Crippen MR) is 92.7 cm³/mol. The molecule has 0 aliphatic heterocycles. The van der Waals surface area contributed by atoms with E-state index in [1.54, 1.807) is 26.0 Å². The summed E-state index contributed by atoms with van der Waals surface area (Å²) >= 11 is 3.23. The molecular formula is C15H21BrN2O5S. The number of benzene rings is 1. The fourth-order valence-corrected chi connectivity index (χ4v) is 3.31. The summed E-state index contributed by atoms with van der Waals surface area (Å²) in [4.78, 5) is 23.8. The lowest BCUT2D eigenvalue weighted by Gasteiger charge is -2.22. The van der Waals surface area contributed by atoms with Crippen molar-refractivity contribution in [2.24, 2.45) is 5.92 Å². The van der Waals surface area contributed by atoms with Crippen LogP contribution in [0.3, 0.4) is 0 Å². The Balaban J connectivity index is 2.82. The molecule has 0 radical (unpaired) electrons. The molecule has 1 atom stereocenters. The number of hydrogen-bond acceptors (Lipinski definition) is 5. The standard InChI is InChI=1S/C15H21BrN2O5S/c1-10(2)14(15(20)23-4)17-13(19)9-18(3)24(21,22)12-7-5-11(16)6-8-12/h5-8,10,14H,9H2,1-4H3,(H,17,19)/t14-/m0/s1. The van der Waals surface area contributed by atoms with E-state index in [-0.39, 0.29) is 10.8 Å². The summed E-state index contributed by atoms with van der Waals surface area (Å²) in [6.07, 6.45) is 0. The highest BCUT2D eigenvalue weighted by molar-refractivity contribution is 9.10. The first-order valence-corrected chi connectivity index (χ1v) is 9.42. The second-order valence-electron chi connectivity index (χ2n) is 5.53. The van der Waals surface area contributed by atoms with Gasteiger partial charge in [0, 0.05) is 11.5 Å². The number of nitrogens with zero attached hydrogens (tertiary/aromatic N) is 1. The number of ether oxygens (including phenoxy) is 1. The lowest BCUT2D eigenvalue weighted by Crippen LogP contribution is -2.48. The van der Waals surface area contributed by atoms with Crippen LogP contribution < -0.4 is 5.32 Å². The first-order valence-electron chi connectivity index (χ1n) is 7.18. The van der Waals surface area contributed by atoms with Crippen molar-refractivity contribution in [2.45, 2.75) is 24.8 Å². The van der Waals surface area contributed by atoms with Gasteiger partial charge in [-0.15, -0.1) is 0 Å². The summed E-state index contributed by atoms with van der Waals surface area (Å²) in [6, 6.07) is 5.27. The van der Waals surface area contributed by atoms with E-state index >= 15 is 0 Å². The van der Waals surface area contributed by atoms with Gasteiger partial charge in [0.2, 0.25) is 15.9 Å². The second-order valence-corrected chi connectivity index (χ2v) is 8.49. The van der Waals surface area contributed by atoms with Gasteiger partial charge in [0.15, 0.2) is 0 Å². The molecule has 1 rings (SSSR count). The lowest BCUT2D eigenvalue weighted by atomic mass is 10.0. The third-order valence-electron chi connectivity index (χ3n) is 3.33. The van der Waals surface area contributed by atoms with Gasteiger partial charge < -0.3 is 10.1 Å². The Morgan fingerprint density at radius 2 is 1.79 bits per heavy atom. The van der Waals surface area contributed by atoms with Crippen LogP contribution in [0.1, 0.15) is 13.8 Å². The maximum Gasteiger partial charge on any atom is 0.328 e. The number of halogens is 1. The zero-order valence-electron chi connectivity index (χ0n) is 13.9. The van der Waals surface area contributed by atoms with Crippen LogP contribution >= 0.6 is 15.9 Å². The fraction of sp³-hybridized carbons (Fsp3) is 0.467. The summed E-state index contributed by atoms with van der Waals surface area (Å²) in [5.41, 5.74) is 0. The number of likely N-dealkylation sites (N-methyl/N-ethyl adjacent to an activating group) is 1. The molecular weight excluding hydrogens is 400 g/mol. The smallest absolute Gasteiger partial charge is 0.328 e. The minimum Gasteiger partial charge on any atom is -0.467 e. The van der Waals surface area contributed by atoms with Crippen molar-refractivity contribution < 1.29 is 22.7 Å². The van der Waals surface area contributed by atoms with Gasteiger partial charge in [0.05, 0.1) is 18.6 Å². The maximum absolute atomic E-state index is 12.4. The summed E-state index contributed by atoms with van der Waals surface area (Å²) < 4.78 is 31.2. The van der Waals surface area contributed by atoms with E-state index in [4.69, 9.17) is 0 Å². The Kier molecular flexibility index (Phi) is 7.37. The fourth-order valence-electron chi connectivity index (χ4n) is 1.92. The molecule has 0 saturated heterocycles. The number of amides is 1. The molecule has 0 unspecified atom stereocenters. The third-order valence-corrected chi connectivity index (χ3v) is 5.67. The Bertz CT molecular complexity index is 688. The van der Waals surface area contributed by atoms with Gasteiger partial charge in [0.25, 0.3) is 0 Å². The molecule has 1 aromatic carbocycles. The average Bonchev–Trinajstić information content (AvgIpc) is 2.51.